The lowest BCUT2D eigenvalue weighted by atomic mass is 10.1. The predicted octanol–water partition coefficient (Wildman–Crippen LogP) is 0.883. The summed E-state index contributed by atoms with van der Waals surface area (Å²) in [6.45, 7) is 0.628. The SMILES string of the molecule is COC(=O)[C@@H]1CCCN1C(=O)C1=CN(C)C=CC1. The van der Waals surface area contributed by atoms with Crippen LogP contribution in [-0.2, 0) is 14.3 Å². The monoisotopic (exact) mass is 250 g/mol. The summed E-state index contributed by atoms with van der Waals surface area (Å²) in [5, 5.41) is 0. The molecule has 18 heavy (non-hydrogen) atoms. The fraction of sp³-hybridized carbons (Fsp3) is 0.538. The van der Waals surface area contributed by atoms with Crippen molar-refractivity contribution in [3.8, 4) is 0 Å². The summed E-state index contributed by atoms with van der Waals surface area (Å²) in [4.78, 5) is 27.5. The molecule has 0 aliphatic carbocycles. The second-order valence-electron chi connectivity index (χ2n) is 4.59. The van der Waals surface area contributed by atoms with Crippen molar-refractivity contribution in [2.45, 2.75) is 25.3 Å². The Bertz CT molecular complexity index is 414. The summed E-state index contributed by atoms with van der Waals surface area (Å²) in [5.41, 5.74) is 0.718. The molecule has 1 amide bonds. The van der Waals surface area contributed by atoms with Gasteiger partial charge in [-0.2, -0.15) is 0 Å². The zero-order valence-corrected chi connectivity index (χ0v) is 10.8. The fourth-order valence-electron chi connectivity index (χ4n) is 2.41. The number of hydrogen-bond acceptors (Lipinski definition) is 4. The Kier molecular flexibility index (Phi) is 3.69. The molecule has 1 fully saturated rings. The van der Waals surface area contributed by atoms with Crippen LogP contribution in [0.4, 0.5) is 0 Å². The normalized spacial score (nSPS) is 23.0. The van der Waals surface area contributed by atoms with Crippen molar-refractivity contribution in [1.29, 1.82) is 0 Å². The van der Waals surface area contributed by atoms with Gasteiger partial charge in [-0.3, -0.25) is 4.79 Å². The van der Waals surface area contributed by atoms with E-state index in [1.807, 2.05) is 30.4 Å². The van der Waals surface area contributed by atoms with E-state index >= 15 is 0 Å². The third-order valence-corrected chi connectivity index (χ3v) is 3.30. The molecular weight excluding hydrogens is 232 g/mol. The third-order valence-electron chi connectivity index (χ3n) is 3.30. The molecule has 1 saturated heterocycles. The van der Waals surface area contributed by atoms with Gasteiger partial charge in [-0.05, 0) is 25.5 Å². The number of ether oxygens (including phenoxy) is 1. The Morgan fingerprint density at radius 1 is 1.44 bits per heavy atom. The van der Waals surface area contributed by atoms with Crippen LogP contribution in [0.1, 0.15) is 19.3 Å². The van der Waals surface area contributed by atoms with E-state index in [1.165, 1.54) is 7.11 Å². The lowest BCUT2D eigenvalue weighted by Crippen LogP contribution is -2.42. The number of esters is 1. The van der Waals surface area contributed by atoms with Crippen LogP contribution in [-0.4, -0.2) is 48.4 Å². The molecule has 98 valence electrons. The van der Waals surface area contributed by atoms with E-state index in [1.54, 1.807) is 4.90 Å². The van der Waals surface area contributed by atoms with E-state index in [0.717, 1.165) is 12.0 Å². The molecule has 1 atom stereocenters. The summed E-state index contributed by atoms with van der Waals surface area (Å²) in [7, 11) is 3.24. The van der Waals surface area contributed by atoms with Gasteiger partial charge in [0.25, 0.3) is 5.91 Å². The van der Waals surface area contributed by atoms with E-state index in [2.05, 4.69) is 0 Å². The molecule has 0 saturated carbocycles. The van der Waals surface area contributed by atoms with Crippen LogP contribution >= 0.6 is 0 Å². The molecule has 0 spiro atoms. The highest BCUT2D eigenvalue weighted by atomic mass is 16.5. The third kappa shape index (κ3) is 2.39. The van der Waals surface area contributed by atoms with Crippen LogP contribution in [0.25, 0.3) is 0 Å². The van der Waals surface area contributed by atoms with Crippen LogP contribution in [0.2, 0.25) is 0 Å². The molecule has 0 N–H and O–H groups in total. The molecule has 2 heterocycles. The molecule has 0 aromatic rings. The smallest absolute Gasteiger partial charge is 0.328 e. The number of carbonyl (C=O) groups excluding carboxylic acids is 2. The topological polar surface area (TPSA) is 49.9 Å². The molecule has 0 unspecified atom stereocenters. The molecule has 5 nitrogen and oxygen atoms in total. The first kappa shape index (κ1) is 12.7. The van der Waals surface area contributed by atoms with Crippen LogP contribution in [0.15, 0.2) is 24.0 Å². The molecular formula is C13H18N2O3. The molecule has 0 aromatic carbocycles. The number of nitrogens with zero attached hydrogens (tertiary/aromatic N) is 2. The number of amides is 1. The van der Waals surface area contributed by atoms with E-state index in [0.29, 0.717) is 19.4 Å². The van der Waals surface area contributed by atoms with Gasteiger partial charge in [0.1, 0.15) is 6.04 Å². The maximum absolute atomic E-state index is 12.4. The molecule has 2 aliphatic rings. The van der Waals surface area contributed by atoms with Crippen molar-refractivity contribution < 1.29 is 14.3 Å². The van der Waals surface area contributed by atoms with Gasteiger partial charge in [0.15, 0.2) is 0 Å². The second-order valence-corrected chi connectivity index (χ2v) is 4.59. The molecule has 5 heteroatoms. The Morgan fingerprint density at radius 2 is 2.22 bits per heavy atom. The first-order valence-corrected chi connectivity index (χ1v) is 6.11. The van der Waals surface area contributed by atoms with Gasteiger partial charge in [0.05, 0.1) is 7.11 Å². The number of rotatable bonds is 2. The maximum atomic E-state index is 12.4. The summed E-state index contributed by atoms with van der Waals surface area (Å²) in [6.07, 6.45) is 7.83. The van der Waals surface area contributed by atoms with Crippen LogP contribution in [0.5, 0.6) is 0 Å². The van der Waals surface area contributed by atoms with E-state index in [-0.39, 0.29) is 11.9 Å². The average Bonchev–Trinajstić information content (AvgIpc) is 2.86. The largest absolute Gasteiger partial charge is 0.467 e. The summed E-state index contributed by atoms with van der Waals surface area (Å²) in [5.74, 6) is -0.375. The first-order valence-electron chi connectivity index (χ1n) is 6.11. The van der Waals surface area contributed by atoms with Crippen LogP contribution < -0.4 is 0 Å². The molecule has 2 aliphatic heterocycles. The van der Waals surface area contributed by atoms with Crippen molar-refractivity contribution >= 4 is 11.9 Å². The maximum Gasteiger partial charge on any atom is 0.328 e. The molecule has 2 rings (SSSR count). The van der Waals surface area contributed by atoms with Gasteiger partial charge in [-0.1, -0.05) is 6.08 Å². The summed E-state index contributed by atoms with van der Waals surface area (Å²) < 4.78 is 4.75. The first-order chi connectivity index (χ1) is 8.63. The standard InChI is InChI=1S/C13H18N2O3/c1-14-7-3-5-10(9-14)12(16)15-8-4-6-11(15)13(17)18-2/h3,7,9,11H,4-6,8H2,1-2H3/t11-/m0/s1. The van der Waals surface area contributed by atoms with Gasteiger partial charge in [-0.25, -0.2) is 4.79 Å². The lowest BCUT2D eigenvalue weighted by molar-refractivity contribution is -0.149. The molecule has 0 aromatic heterocycles. The summed E-state index contributed by atoms with van der Waals surface area (Å²) in [6, 6.07) is -0.417. The Morgan fingerprint density at radius 3 is 2.89 bits per heavy atom. The molecule has 0 radical (unpaired) electrons. The Labute approximate surface area is 107 Å². The van der Waals surface area contributed by atoms with Gasteiger partial charge in [-0.15, -0.1) is 0 Å². The molecule has 0 bridgehead atoms. The van der Waals surface area contributed by atoms with Crippen molar-refractivity contribution in [3.05, 3.63) is 24.0 Å². The Balaban J connectivity index is 2.11. The number of allylic oxidation sites excluding steroid dienone is 1. The van der Waals surface area contributed by atoms with E-state index in [9.17, 15) is 9.59 Å². The zero-order valence-electron chi connectivity index (χ0n) is 10.8. The lowest BCUT2D eigenvalue weighted by Gasteiger charge is -2.25. The van der Waals surface area contributed by atoms with Crippen molar-refractivity contribution in [2.24, 2.45) is 0 Å². The average molecular weight is 250 g/mol. The quantitative estimate of drug-likeness (QED) is 0.683. The van der Waals surface area contributed by atoms with Gasteiger partial charge < -0.3 is 14.5 Å². The zero-order chi connectivity index (χ0) is 13.1. The number of hydrogen-bond donors (Lipinski definition) is 0. The minimum Gasteiger partial charge on any atom is -0.467 e. The fourth-order valence-corrected chi connectivity index (χ4v) is 2.41. The van der Waals surface area contributed by atoms with Crippen LogP contribution in [0.3, 0.4) is 0 Å². The predicted molar refractivity (Wildman–Crippen MR) is 66.4 cm³/mol. The minimum atomic E-state index is -0.417. The highest BCUT2D eigenvalue weighted by Crippen LogP contribution is 2.23. The minimum absolute atomic E-state index is 0.0564. The Hall–Kier alpha value is -1.78. The van der Waals surface area contributed by atoms with E-state index in [4.69, 9.17) is 4.74 Å². The van der Waals surface area contributed by atoms with Crippen molar-refractivity contribution in [1.82, 2.24) is 9.80 Å². The summed E-state index contributed by atoms with van der Waals surface area (Å²) >= 11 is 0. The van der Waals surface area contributed by atoms with Gasteiger partial charge in [0, 0.05) is 25.4 Å². The number of methoxy groups -OCH3 is 1. The number of likely N-dealkylation sites (tertiary alicyclic amines) is 1. The van der Waals surface area contributed by atoms with Crippen molar-refractivity contribution in [3.63, 3.8) is 0 Å². The van der Waals surface area contributed by atoms with E-state index < -0.39 is 6.04 Å². The van der Waals surface area contributed by atoms with Gasteiger partial charge in [0.2, 0.25) is 0 Å². The number of carbonyl (C=O) groups is 2. The van der Waals surface area contributed by atoms with Crippen molar-refractivity contribution in [2.75, 3.05) is 20.7 Å². The highest BCUT2D eigenvalue weighted by Gasteiger charge is 2.35. The second kappa shape index (κ2) is 5.25. The van der Waals surface area contributed by atoms with Gasteiger partial charge >= 0.3 is 5.97 Å². The highest BCUT2D eigenvalue weighted by molar-refractivity contribution is 5.96. The van der Waals surface area contributed by atoms with Crippen LogP contribution in [0, 0.1) is 0 Å².